The van der Waals surface area contributed by atoms with Crippen LogP contribution < -0.4 is 14.8 Å². The number of halogens is 1. The number of benzene rings is 1. The molecule has 0 radical (unpaired) electrons. The average molecular weight is 268 g/mol. The van der Waals surface area contributed by atoms with Gasteiger partial charge < -0.3 is 14.8 Å². The summed E-state index contributed by atoms with van der Waals surface area (Å²) in [6.07, 6.45) is 4.69. The Hall–Kier alpha value is -1.42. The number of amides is 1. The summed E-state index contributed by atoms with van der Waals surface area (Å²) in [5, 5.41) is 3.10. The quantitative estimate of drug-likeness (QED) is 0.896. The van der Waals surface area contributed by atoms with Crippen LogP contribution in [0, 0.1) is 0 Å². The first-order valence-electron chi connectivity index (χ1n) is 6.15. The number of hydrogen-bond donors (Lipinski definition) is 1. The molecule has 1 aromatic rings. The van der Waals surface area contributed by atoms with Crippen molar-refractivity contribution in [3.8, 4) is 11.5 Å². The third-order valence-corrected chi connectivity index (χ3v) is 3.53. The first kappa shape index (κ1) is 11.7. The molecule has 4 nitrogen and oxygen atoms in total. The molecule has 1 saturated carbocycles. The van der Waals surface area contributed by atoms with Gasteiger partial charge in [-0.2, -0.15) is 0 Å². The molecule has 1 aromatic carbocycles. The molecule has 0 atom stereocenters. The molecular formula is C13H14ClNO3. The maximum Gasteiger partial charge on any atom is 0.257 e. The van der Waals surface area contributed by atoms with Crippen molar-refractivity contribution in [2.24, 2.45) is 0 Å². The van der Waals surface area contributed by atoms with Crippen LogP contribution >= 0.6 is 11.6 Å². The highest BCUT2D eigenvalue weighted by Crippen LogP contribution is 2.38. The standard InChI is InChI=1S/C13H14ClNO3/c14-8-5-10-12(17-7-15-13(10)16)11(6-8)18-9-3-1-2-4-9/h5-6,9H,1-4,7H2,(H,15,16). The van der Waals surface area contributed by atoms with E-state index in [9.17, 15) is 4.79 Å². The van der Waals surface area contributed by atoms with Gasteiger partial charge in [0.25, 0.3) is 5.91 Å². The summed E-state index contributed by atoms with van der Waals surface area (Å²) in [6, 6.07) is 3.32. The first-order chi connectivity index (χ1) is 8.74. The van der Waals surface area contributed by atoms with Gasteiger partial charge in [-0.15, -0.1) is 0 Å². The van der Waals surface area contributed by atoms with Crippen LogP contribution in [0.2, 0.25) is 5.02 Å². The molecule has 0 aromatic heterocycles. The minimum absolute atomic E-state index is 0.171. The number of carbonyl (C=O) groups excluding carboxylic acids is 1. The second-order valence-corrected chi connectivity index (χ2v) is 5.04. The topological polar surface area (TPSA) is 47.6 Å². The van der Waals surface area contributed by atoms with Crippen molar-refractivity contribution in [3.63, 3.8) is 0 Å². The fourth-order valence-corrected chi connectivity index (χ4v) is 2.64. The largest absolute Gasteiger partial charge is 0.486 e. The van der Waals surface area contributed by atoms with Gasteiger partial charge in [0.2, 0.25) is 0 Å². The Morgan fingerprint density at radius 3 is 2.89 bits per heavy atom. The maximum absolute atomic E-state index is 11.7. The van der Waals surface area contributed by atoms with Gasteiger partial charge in [-0.3, -0.25) is 4.79 Å². The smallest absolute Gasteiger partial charge is 0.257 e. The molecule has 0 saturated heterocycles. The molecule has 0 spiro atoms. The Kier molecular flexibility index (Phi) is 3.04. The van der Waals surface area contributed by atoms with E-state index in [4.69, 9.17) is 21.1 Å². The molecule has 1 aliphatic heterocycles. The van der Waals surface area contributed by atoms with E-state index >= 15 is 0 Å². The SMILES string of the molecule is O=C1NCOc2c(OC3CCCC3)cc(Cl)cc21. The van der Waals surface area contributed by atoms with Crippen LogP contribution in [-0.4, -0.2) is 18.7 Å². The van der Waals surface area contributed by atoms with Gasteiger partial charge in [0, 0.05) is 11.1 Å². The number of fused-ring (bicyclic) bond motifs is 1. The van der Waals surface area contributed by atoms with Gasteiger partial charge >= 0.3 is 0 Å². The van der Waals surface area contributed by atoms with E-state index in [0.29, 0.717) is 22.1 Å². The Morgan fingerprint density at radius 2 is 2.11 bits per heavy atom. The van der Waals surface area contributed by atoms with Gasteiger partial charge in [-0.25, -0.2) is 0 Å². The van der Waals surface area contributed by atoms with Gasteiger partial charge in [0.1, 0.15) is 0 Å². The summed E-state index contributed by atoms with van der Waals surface area (Å²) in [5.74, 6) is 0.921. The molecule has 96 valence electrons. The Balaban J connectivity index is 1.94. The highest BCUT2D eigenvalue weighted by Gasteiger charge is 2.25. The average Bonchev–Trinajstić information content (AvgIpc) is 2.83. The van der Waals surface area contributed by atoms with Gasteiger partial charge in [-0.05, 0) is 31.7 Å². The molecule has 18 heavy (non-hydrogen) atoms. The summed E-state index contributed by atoms with van der Waals surface area (Å²) >= 11 is 6.02. The molecule has 0 unspecified atom stereocenters. The van der Waals surface area contributed by atoms with Crippen molar-refractivity contribution < 1.29 is 14.3 Å². The zero-order valence-electron chi connectivity index (χ0n) is 9.87. The van der Waals surface area contributed by atoms with Crippen LogP contribution in [0.25, 0.3) is 0 Å². The molecule has 0 bridgehead atoms. The third-order valence-electron chi connectivity index (χ3n) is 3.31. The summed E-state index contributed by atoms with van der Waals surface area (Å²) < 4.78 is 11.4. The Morgan fingerprint density at radius 1 is 1.33 bits per heavy atom. The molecule has 1 amide bonds. The second kappa shape index (κ2) is 4.69. The van der Waals surface area contributed by atoms with E-state index in [2.05, 4.69) is 5.32 Å². The fourth-order valence-electron chi connectivity index (χ4n) is 2.43. The molecule has 1 heterocycles. The molecular weight excluding hydrogens is 254 g/mol. The predicted molar refractivity (Wildman–Crippen MR) is 67.3 cm³/mol. The normalized spacial score (nSPS) is 19.1. The van der Waals surface area contributed by atoms with Crippen molar-refractivity contribution in [2.45, 2.75) is 31.8 Å². The highest BCUT2D eigenvalue weighted by atomic mass is 35.5. The number of hydrogen-bond acceptors (Lipinski definition) is 3. The van der Waals surface area contributed by atoms with E-state index in [-0.39, 0.29) is 18.7 Å². The number of ether oxygens (including phenoxy) is 2. The number of nitrogens with one attached hydrogen (secondary N) is 1. The lowest BCUT2D eigenvalue weighted by atomic mass is 10.1. The minimum atomic E-state index is -0.171. The Bertz CT molecular complexity index is 483. The molecule has 1 N–H and O–H groups in total. The van der Waals surface area contributed by atoms with Crippen LogP contribution in [-0.2, 0) is 0 Å². The lowest BCUT2D eigenvalue weighted by Crippen LogP contribution is -2.33. The lowest BCUT2D eigenvalue weighted by Gasteiger charge is -2.22. The molecule has 1 fully saturated rings. The van der Waals surface area contributed by atoms with E-state index in [1.165, 1.54) is 12.8 Å². The number of carbonyl (C=O) groups is 1. The van der Waals surface area contributed by atoms with Crippen LogP contribution in [0.1, 0.15) is 36.0 Å². The second-order valence-electron chi connectivity index (χ2n) is 4.60. The van der Waals surface area contributed by atoms with Crippen molar-refractivity contribution >= 4 is 17.5 Å². The zero-order chi connectivity index (χ0) is 12.5. The van der Waals surface area contributed by atoms with Gasteiger partial charge in [-0.1, -0.05) is 11.6 Å². The van der Waals surface area contributed by atoms with Crippen LogP contribution in [0.15, 0.2) is 12.1 Å². The third kappa shape index (κ3) is 2.12. The summed E-state index contributed by atoms with van der Waals surface area (Å²) in [7, 11) is 0. The molecule has 2 aliphatic rings. The molecule has 3 rings (SSSR count). The summed E-state index contributed by atoms with van der Waals surface area (Å²) in [5.41, 5.74) is 0.446. The van der Waals surface area contributed by atoms with Crippen LogP contribution in [0.3, 0.4) is 0 Å². The predicted octanol–water partition coefficient (Wildman–Crippen LogP) is 2.74. The van der Waals surface area contributed by atoms with Crippen molar-refractivity contribution in [1.29, 1.82) is 0 Å². The van der Waals surface area contributed by atoms with Crippen molar-refractivity contribution in [1.82, 2.24) is 5.32 Å². The van der Waals surface area contributed by atoms with Crippen molar-refractivity contribution in [2.75, 3.05) is 6.73 Å². The summed E-state index contributed by atoms with van der Waals surface area (Å²) in [4.78, 5) is 11.7. The van der Waals surface area contributed by atoms with Crippen LogP contribution in [0.4, 0.5) is 0 Å². The number of rotatable bonds is 2. The monoisotopic (exact) mass is 267 g/mol. The maximum atomic E-state index is 11.7. The molecule has 1 aliphatic carbocycles. The minimum Gasteiger partial charge on any atom is -0.486 e. The van der Waals surface area contributed by atoms with E-state index < -0.39 is 0 Å². The molecule has 5 heteroatoms. The first-order valence-corrected chi connectivity index (χ1v) is 6.53. The van der Waals surface area contributed by atoms with E-state index in [1.807, 2.05) is 0 Å². The van der Waals surface area contributed by atoms with E-state index in [1.54, 1.807) is 12.1 Å². The van der Waals surface area contributed by atoms with Gasteiger partial charge in [0.05, 0.1) is 11.7 Å². The zero-order valence-corrected chi connectivity index (χ0v) is 10.6. The lowest BCUT2D eigenvalue weighted by molar-refractivity contribution is 0.0874. The van der Waals surface area contributed by atoms with E-state index in [0.717, 1.165) is 12.8 Å². The fraction of sp³-hybridized carbons (Fsp3) is 0.462. The van der Waals surface area contributed by atoms with Crippen molar-refractivity contribution in [3.05, 3.63) is 22.7 Å². The van der Waals surface area contributed by atoms with Gasteiger partial charge in [0.15, 0.2) is 18.2 Å². The van der Waals surface area contributed by atoms with Crippen LogP contribution in [0.5, 0.6) is 11.5 Å². The Labute approximate surface area is 110 Å². The summed E-state index contributed by atoms with van der Waals surface area (Å²) in [6.45, 7) is 0.175. The highest BCUT2D eigenvalue weighted by molar-refractivity contribution is 6.31.